The highest BCUT2D eigenvalue weighted by Gasteiger charge is 2.50. The fourth-order valence-electron chi connectivity index (χ4n) is 2.49. The highest BCUT2D eigenvalue weighted by molar-refractivity contribution is 6.41. The molecule has 1 atom stereocenters. The van der Waals surface area contributed by atoms with Crippen molar-refractivity contribution in [1.82, 2.24) is 0 Å². The van der Waals surface area contributed by atoms with Crippen molar-refractivity contribution in [2.45, 2.75) is 5.60 Å². The summed E-state index contributed by atoms with van der Waals surface area (Å²) < 4.78 is 0. The normalized spacial score (nSPS) is 20.7. The van der Waals surface area contributed by atoms with Crippen LogP contribution in [0.1, 0.15) is 11.1 Å². The smallest absolute Gasteiger partial charge is 0.216 e. The summed E-state index contributed by atoms with van der Waals surface area (Å²) in [5, 5.41) is 38.7. The van der Waals surface area contributed by atoms with Gasteiger partial charge in [0.15, 0.2) is 11.5 Å². The second-order valence-electron chi connectivity index (χ2n) is 5.21. The maximum absolute atomic E-state index is 12.6. The van der Waals surface area contributed by atoms with Crippen LogP contribution in [0.4, 0.5) is 0 Å². The molecule has 0 aliphatic heterocycles. The van der Waals surface area contributed by atoms with Crippen LogP contribution in [0.25, 0.3) is 5.57 Å². The Morgan fingerprint density at radius 3 is 2.09 bits per heavy atom. The molecule has 0 spiro atoms. The molecule has 0 unspecified atom stereocenters. The molecular weight excluding hydrogens is 300 g/mol. The van der Waals surface area contributed by atoms with Gasteiger partial charge in [-0.25, -0.2) is 0 Å². The Morgan fingerprint density at radius 1 is 0.826 bits per heavy atom. The van der Waals surface area contributed by atoms with Crippen LogP contribution in [0.15, 0.2) is 48.5 Å². The fraction of sp³-hybridized carbons (Fsp3) is 0.0588. The molecule has 0 fully saturated rings. The molecule has 3 rings (SSSR count). The monoisotopic (exact) mass is 312 g/mol. The van der Waals surface area contributed by atoms with Gasteiger partial charge in [-0.15, -0.1) is 0 Å². The van der Waals surface area contributed by atoms with Crippen LogP contribution >= 0.6 is 0 Å². The van der Waals surface area contributed by atoms with E-state index in [9.17, 15) is 30.0 Å². The quantitative estimate of drug-likeness (QED) is 0.490. The Balaban J connectivity index is 2.06. The number of carbonyl (C=O) groups is 2. The molecule has 0 amide bonds. The number of Topliss-reactive ketones (excluding diaryl/α,β-unsaturated/α-hetero) is 1. The topological polar surface area (TPSA) is 115 Å². The van der Waals surface area contributed by atoms with E-state index in [4.69, 9.17) is 0 Å². The van der Waals surface area contributed by atoms with E-state index in [-0.39, 0.29) is 28.2 Å². The lowest BCUT2D eigenvalue weighted by molar-refractivity contribution is -0.143. The van der Waals surface area contributed by atoms with Crippen LogP contribution in [0.3, 0.4) is 0 Å². The number of hydrogen-bond donors (Lipinski definition) is 4. The van der Waals surface area contributed by atoms with Crippen molar-refractivity contribution in [3.63, 3.8) is 0 Å². The average Bonchev–Trinajstić information content (AvgIpc) is 2.76. The predicted octanol–water partition coefficient (Wildman–Crippen LogP) is 1.23. The number of ketones is 2. The van der Waals surface area contributed by atoms with Gasteiger partial charge in [0.05, 0.1) is 0 Å². The second-order valence-corrected chi connectivity index (χ2v) is 5.21. The summed E-state index contributed by atoms with van der Waals surface area (Å²) in [5.41, 5.74) is -2.19. The molecule has 2 aromatic carbocycles. The highest BCUT2D eigenvalue weighted by Crippen LogP contribution is 2.39. The first-order valence-corrected chi connectivity index (χ1v) is 6.69. The summed E-state index contributed by atoms with van der Waals surface area (Å²) in [6.07, 6.45) is 1.00. The van der Waals surface area contributed by atoms with Crippen molar-refractivity contribution >= 4 is 17.1 Å². The Bertz CT molecular complexity index is 850. The van der Waals surface area contributed by atoms with Crippen molar-refractivity contribution in [1.29, 1.82) is 0 Å². The number of rotatable bonds is 2. The summed E-state index contributed by atoms with van der Waals surface area (Å²) in [7, 11) is 0. The van der Waals surface area contributed by atoms with Crippen molar-refractivity contribution in [2.24, 2.45) is 0 Å². The molecule has 0 saturated carbocycles. The van der Waals surface area contributed by atoms with Gasteiger partial charge in [-0.05, 0) is 41.5 Å². The van der Waals surface area contributed by atoms with Gasteiger partial charge in [0, 0.05) is 5.57 Å². The Labute approximate surface area is 130 Å². The first kappa shape index (κ1) is 14.8. The van der Waals surface area contributed by atoms with Gasteiger partial charge in [0.25, 0.3) is 0 Å². The lowest BCUT2D eigenvalue weighted by atomic mass is 9.87. The molecule has 0 aromatic heterocycles. The Morgan fingerprint density at radius 2 is 1.48 bits per heavy atom. The molecular formula is C17H12O6. The van der Waals surface area contributed by atoms with Crippen molar-refractivity contribution in [2.75, 3.05) is 0 Å². The maximum Gasteiger partial charge on any atom is 0.216 e. The van der Waals surface area contributed by atoms with Gasteiger partial charge in [0.1, 0.15) is 5.75 Å². The molecule has 1 aliphatic rings. The zero-order valence-corrected chi connectivity index (χ0v) is 11.7. The lowest BCUT2D eigenvalue weighted by Gasteiger charge is -2.20. The maximum atomic E-state index is 12.6. The van der Waals surface area contributed by atoms with Crippen LogP contribution in [0.5, 0.6) is 17.2 Å². The predicted molar refractivity (Wildman–Crippen MR) is 79.8 cm³/mol. The van der Waals surface area contributed by atoms with E-state index in [2.05, 4.69) is 0 Å². The molecule has 4 N–H and O–H groups in total. The van der Waals surface area contributed by atoms with Crippen molar-refractivity contribution in [3.8, 4) is 17.2 Å². The Kier molecular flexibility index (Phi) is 3.19. The first-order chi connectivity index (χ1) is 10.8. The Hall–Kier alpha value is -3.12. The van der Waals surface area contributed by atoms with Gasteiger partial charge in [-0.3, -0.25) is 9.59 Å². The standard InChI is InChI=1S/C17H12O6/c18-11-4-2-10(3-5-11)17(23)15(21)8-12(16(17)22)9-1-6-13(19)14(20)7-9/h1-8,18-20,23H/t17-/m0/s1. The average molecular weight is 312 g/mol. The van der Waals surface area contributed by atoms with Crippen LogP contribution in [-0.2, 0) is 15.2 Å². The van der Waals surface area contributed by atoms with Crippen LogP contribution in [-0.4, -0.2) is 32.0 Å². The molecule has 116 valence electrons. The van der Waals surface area contributed by atoms with Crippen molar-refractivity contribution in [3.05, 3.63) is 59.7 Å². The number of benzene rings is 2. The zero-order valence-electron chi connectivity index (χ0n) is 11.7. The number of aliphatic hydroxyl groups is 1. The number of aromatic hydroxyl groups is 3. The second kappa shape index (κ2) is 4.96. The summed E-state index contributed by atoms with van der Waals surface area (Å²) in [4.78, 5) is 24.8. The van der Waals surface area contributed by atoms with E-state index in [0.29, 0.717) is 0 Å². The van der Waals surface area contributed by atoms with E-state index in [1.807, 2.05) is 0 Å². The number of hydrogen-bond acceptors (Lipinski definition) is 6. The minimum absolute atomic E-state index is 0.0413. The van der Waals surface area contributed by atoms with Crippen LogP contribution in [0, 0.1) is 0 Å². The summed E-state index contributed by atoms with van der Waals surface area (Å²) in [6, 6.07) is 8.77. The molecule has 0 saturated heterocycles. The van der Waals surface area contributed by atoms with E-state index in [1.165, 1.54) is 36.4 Å². The summed E-state index contributed by atoms with van der Waals surface area (Å²) in [5.74, 6) is -2.51. The molecule has 2 aromatic rings. The van der Waals surface area contributed by atoms with Crippen LogP contribution < -0.4 is 0 Å². The third-order valence-electron chi connectivity index (χ3n) is 3.78. The van der Waals surface area contributed by atoms with E-state index in [1.54, 1.807) is 0 Å². The zero-order chi connectivity index (χ0) is 16.8. The molecule has 0 radical (unpaired) electrons. The number of carbonyl (C=O) groups excluding carboxylic acids is 2. The molecule has 23 heavy (non-hydrogen) atoms. The largest absolute Gasteiger partial charge is 0.508 e. The van der Waals surface area contributed by atoms with Crippen LogP contribution in [0.2, 0.25) is 0 Å². The molecule has 0 bridgehead atoms. The first-order valence-electron chi connectivity index (χ1n) is 6.69. The molecule has 0 heterocycles. The molecule has 6 nitrogen and oxygen atoms in total. The SMILES string of the molecule is O=C1C=C(c2ccc(O)c(O)c2)C(=O)[C@]1(O)c1ccc(O)cc1. The van der Waals surface area contributed by atoms with E-state index >= 15 is 0 Å². The van der Waals surface area contributed by atoms with Gasteiger partial charge >= 0.3 is 0 Å². The van der Waals surface area contributed by atoms with Gasteiger partial charge < -0.3 is 20.4 Å². The highest BCUT2D eigenvalue weighted by atomic mass is 16.3. The van der Waals surface area contributed by atoms with Gasteiger partial charge in [0.2, 0.25) is 17.2 Å². The van der Waals surface area contributed by atoms with Gasteiger partial charge in [-0.1, -0.05) is 18.2 Å². The minimum atomic E-state index is -2.36. The van der Waals surface area contributed by atoms with Gasteiger partial charge in [-0.2, -0.15) is 0 Å². The van der Waals surface area contributed by atoms with E-state index in [0.717, 1.165) is 12.1 Å². The number of phenols is 3. The molecule has 1 aliphatic carbocycles. The fourth-order valence-corrected chi connectivity index (χ4v) is 2.49. The summed E-state index contributed by atoms with van der Waals surface area (Å²) in [6.45, 7) is 0. The molecule has 6 heteroatoms. The third kappa shape index (κ3) is 2.16. The lowest BCUT2D eigenvalue weighted by Crippen LogP contribution is -2.38. The van der Waals surface area contributed by atoms with E-state index < -0.39 is 22.9 Å². The van der Waals surface area contributed by atoms with Crippen molar-refractivity contribution < 1.29 is 30.0 Å². The third-order valence-corrected chi connectivity index (χ3v) is 3.78. The minimum Gasteiger partial charge on any atom is -0.508 e. The number of phenolic OH excluding ortho intramolecular Hbond substituents is 3. The summed E-state index contributed by atoms with van der Waals surface area (Å²) >= 11 is 0.